The minimum Gasteiger partial charge on any atom is -0.411 e. The van der Waals surface area contributed by atoms with Gasteiger partial charge in [0, 0.05) is 13.0 Å². The molecule has 6 heteroatoms. The van der Waals surface area contributed by atoms with Crippen molar-refractivity contribution in [3.05, 3.63) is 0 Å². The molecule has 0 aromatic rings. The molecule has 0 aromatic carbocycles. The maximum Gasteiger partial charge on any atom is 0.344 e. The molecular weight excluding hydrogens is 174 g/mol. The van der Waals surface area contributed by atoms with Crippen LogP contribution in [0.15, 0.2) is 5.16 Å². The number of hydrogen-bond acceptors (Lipinski definition) is 4. The number of amides is 2. The molecule has 2 unspecified atom stereocenters. The summed E-state index contributed by atoms with van der Waals surface area (Å²) in [4.78, 5) is 12.8. The third-order valence-electron chi connectivity index (χ3n) is 2.72. The third-order valence-corrected chi connectivity index (χ3v) is 2.72. The highest BCUT2D eigenvalue weighted by Crippen LogP contribution is 2.26. The van der Waals surface area contributed by atoms with Crippen molar-refractivity contribution in [2.75, 3.05) is 6.54 Å². The van der Waals surface area contributed by atoms with E-state index in [4.69, 9.17) is 5.21 Å². The molecule has 2 fully saturated rings. The maximum atomic E-state index is 11.3. The van der Waals surface area contributed by atoms with Crippen LogP contribution in [0.3, 0.4) is 0 Å². The number of rotatable bonds is 0. The second-order valence-corrected chi connectivity index (χ2v) is 3.40. The number of carbonyl (C=O) groups excluding carboxylic acids is 1. The molecule has 2 heterocycles. The van der Waals surface area contributed by atoms with E-state index < -0.39 is 6.03 Å². The monoisotopic (exact) mass is 185 g/mol. The fourth-order valence-electron chi connectivity index (χ4n) is 1.86. The smallest absolute Gasteiger partial charge is 0.344 e. The fraction of sp³-hybridized carbons (Fsp3) is 0.714. The minimum absolute atomic E-state index is 0.217. The Kier molecular flexibility index (Phi) is 1.66. The zero-order valence-electron chi connectivity index (χ0n) is 7.21. The summed E-state index contributed by atoms with van der Waals surface area (Å²) in [6.07, 6.45) is 0.441. The first kappa shape index (κ1) is 8.31. The molecule has 2 N–H and O–H groups in total. The van der Waals surface area contributed by atoms with Gasteiger partial charge in [-0.2, -0.15) is 0 Å². The lowest BCUT2D eigenvalue weighted by Crippen LogP contribution is -2.44. The molecular formula is C7H11N3O3. The maximum absolute atomic E-state index is 11.3. The Morgan fingerprint density at radius 2 is 2.31 bits per heavy atom. The number of piperidine rings is 1. The molecule has 2 aliphatic heterocycles. The Morgan fingerprint density at radius 3 is 2.92 bits per heavy atom. The Balaban J connectivity index is 2.31. The number of hydroxylamine groups is 2. The molecule has 6 nitrogen and oxygen atoms in total. The third kappa shape index (κ3) is 0.983. The molecule has 2 atom stereocenters. The van der Waals surface area contributed by atoms with E-state index in [2.05, 4.69) is 5.16 Å². The Hall–Kier alpha value is -1.30. The van der Waals surface area contributed by atoms with Crippen LogP contribution >= 0.6 is 0 Å². The number of hydrogen-bond donors (Lipinski definition) is 2. The van der Waals surface area contributed by atoms with Gasteiger partial charge in [-0.1, -0.05) is 5.16 Å². The van der Waals surface area contributed by atoms with Crippen LogP contribution in [0.4, 0.5) is 4.79 Å². The van der Waals surface area contributed by atoms with Gasteiger partial charge in [-0.3, -0.25) is 5.21 Å². The van der Waals surface area contributed by atoms with Crippen LogP contribution in [0.1, 0.15) is 13.3 Å². The van der Waals surface area contributed by atoms with Gasteiger partial charge in [0.1, 0.15) is 0 Å². The Morgan fingerprint density at radius 1 is 1.62 bits per heavy atom. The number of oxime groups is 1. The summed E-state index contributed by atoms with van der Waals surface area (Å²) in [6.45, 7) is 2.29. The van der Waals surface area contributed by atoms with Crippen molar-refractivity contribution in [2.24, 2.45) is 5.16 Å². The van der Waals surface area contributed by atoms with Gasteiger partial charge in [0.15, 0.2) is 0 Å². The molecule has 72 valence electrons. The molecule has 2 amide bonds. The second kappa shape index (κ2) is 2.59. The summed E-state index contributed by atoms with van der Waals surface area (Å²) >= 11 is 0. The molecule has 0 spiro atoms. The fourth-order valence-corrected chi connectivity index (χ4v) is 1.86. The van der Waals surface area contributed by atoms with Crippen molar-refractivity contribution in [1.82, 2.24) is 9.96 Å². The van der Waals surface area contributed by atoms with Crippen molar-refractivity contribution in [3.63, 3.8) is 0 Å². The van der Waals surface area contributed by atoms with E-state index >= 15 is 0 Å². The molecule has 2 aliphatic rings. The van der Waals surface area contributed by atoms with Crippen LogP contribution in [0.5, 0.6) is 0 Å². The largest absolute Gasteiger partial charge is 0.411 e. The van der Waals surface area contributed by atoms with Crippen molar-refractivity contribution in [3.8, 4) is 0 Å². The van der Waals surface area contributed by atoms with Crippen LogP contribution in [0.2, 0.25) is 0 Å². The Bertz CT molecular complexity index is 278. The lowest BCUT2D eigenvalue weighted by Gasteiger charge is -2.27. The molecule has 13 heavy (non-hydrogen) atoms. The van der Waals surface area contributed by atoms with Crippen LogP contribution in [0.25, 0.3) is 0 Å². The van der Waals surface area contributed by atoms with Crippen LogP contribution in [-0.4, -0.2) is 50.7 Å². The number of fused-ring (bicyclic) bond motifs is 2. The van der Waals surface area contributed by atoms with E-state index in [0.717, 1.165) is 0 Å². The molecule has 0 radical (unpaired) electrons. The van der Waals surface area contributed by atoms with Crippen LogP contribution in [0, 0.1) is 0 Å². The van der Waals surface area contributed by atoms with E-state index in [1.54, 1.807) is 6.92 Å². The van der Waals surface area contributed by atoms with E-state index in [0.29, 0.717) is 23.7 Å². The SMILES string of the molecule is CC1/C(=N/O)CC2CN1C(=O)N2O. The number of carbonyl (C=O) groups is 1. The summed E-state index contributed by atoms with van der Waals surface area (Å²) in [7, 11) is 0. The van der Waals surface area contributed by atoms with Crippen molar-refractivity contribution >= 4 is 11.7 Å². The van der Waals surface area contributed by atoms with Gasteiger partial charge in [0.25, 0.3) is 0 Å². The zero-order valence-corrected chi connectivity index (χ0v) is 7.21. The predicted molar refractivity (Wildman–Crippen MR) is 42.8 cm³/mol. The first-order valence-electron chi connectivity index (χ1n) is 4.14. The highest BCUT2D eigenvalue weighted by Gasteiger charge is 2.45. The number of nitrogens with zero attached hydrogens (tertiary/aromatic N) is 3. The highest BCUT2D eigenvalue weighted by atomic mass is 16.5. The van der Waals surface area contributed by atoms with E-state index in [-0.39, 0.29) is 12.1 Å². The molecule has 0 aliphatic carbocycles. The lowest BCUT2D eigenvalue weighted by molar-refractivity contribution is -0.0552. The number of urea groups is 1. The zero-order chi connectivity index (χ0) is 9.59. The van der Waals surface area contributed by atoms with Crippen LogP contribution < -0.4 is 0 Å². The average molecular weight is 185 g/mol. The van der Waals surface area contributed by atoms with Crippen LogP contribution in [-0.2, 0) is 0 Å². The molecule has 2 bridgehead atoms. The van der Waals surface area contributed by atoms with Gasteiger partial charge in [-0.05, 0) is 6.92 Å². The lowest BCUT2D eigenvalue weighted by atomic mass is 10.00. The molecule has 2 saturated heterocycles. The van der Waals surface area contributed by atoms with E-state index in [1.807, 2.05) is 0 Å². The highest BCUT2D eigenvalue weighted by molar-refractivity contribution is 5.95. The van der Waals surface area contributed by atoms with E-state index in [9.17, 15) is 10.0 Å². The van der Waals surface area contributed by atoms with Gasteiger partial charge in [-0.25, -0.2) is 9.86 Å². The molecule has 0 aromatic heterocycles. The second-order valence-electron chi connectivity index (χ2n) is 3.40. The van der Waals surface area contributed by atoms with Crippen molar-refractivity contribution < 1.29 is 15.2 Å². The standard InChI is InChI=1S/C7H11N3O3/c1-4-6(8-12)2-5-3-9(4)7(11)10(5)13/h4-5,12-13H,2-3H2,1H3/b8-6+. The van der Waals surface area contributed by atoms with Gasteiger partial charge in [-0.15, -0.1) is 0 Å². The first-order valence-corrected chi connectivity index (χ1v) is 4.14. The summed E-state index contributed by atoms with van der Waals surface area (Å²) < 4.78 is 0. The summed E-state index contributed by atoms with van der Waals surface area (Å²) in [5.41, 5.74) is 0.543. The van der Waals surface area contributed by atoms with E-state index in [1.165, 1.54) is 4.90 Å². The quantitative estimate of drug-likeness (QED) is 0.319. The predicted octanol–water partition coefficient (Wildman–Crippen LogP) is 0.104. The Labute approximate surface area is 75.0 Å². The van der Waals surface area contributed by atoms with Gasteiger partial charge < -0.3 is 10.1 Å². The normalized spacial score (nSPS) is 36.2. The topological polar surface area (TPSA) is 76.4 Å². The van der Waals surface area contributed by atoms with Gasteiger partial charge in [0.2, 0.25) is 0 Å². The van der Waals surface area contributed by atoms with Crippen molar-refractivity contribution in [2.45, 2.75) is 25.4 Å². The van der Waals surface area contributed by atoms with Crippen molar-refractivity contribution in [1.29, 1.82) is 0 Å². The summed E-state index contributed by atoms with van der Waals surface area (Å²) in [5.74, 6) is 0. The summed E-state index contributed by atoms with van der Waals surface area (Å²) in [5, 5.41) is 21.8. The molecule has 0 saturated carbocycles. The van der Waals surface area contributed by atoms with Gasteiger partial charge in [0.05, 0.1) is 17.8 Å². The molecule has 2 rings (SSSR count). The minimum atomic E-state index is -0.406. The first-order chi connectivity index (χ1) is 6.15. The van der Waals surface area contributed by atoms with Gasteiger partial charge >= 0.3 is 6.03 Å². The average Bonchev–Trinajstić information content (AvgIpc) is 2.37. The summed E-state index contributed by atoms with van der Waals surface area (Å²) in [6, 6.07) is -0.878.